The standard InChI is InChI=1S/C22H25ClN2O3/c1-13-6-9-15(12-19(13)23)24-20(26)14-7-10-16(11-8-14)25-21(27)17-4-2-3-5-18(17)22(25)28/h2-3,6,9,12,14,16-18H,4-5,7-8,10-11H2,1H3,(H,24,26)/t14?,16?,17-,18+. The predicted molar refractivity (Wildman–Crippen MR) is 108 cm³/mol. The largest absolute Gasteiger partial charge is 0.326 e. The van der Waals surface area contributed by atoms with Gasteiger partial charge in [-0.3, -0.25) is 19.3 Å². The van der Waals surface area contributed by atoms with Crippen molar-refractivity contribution in [3.8, 4) is 0 Å². The highest BCUT2D eigenvalue weighted by atomic mass is 35.5. The number of carbonyl (C=O) groups is 3. The zero-order valence-electron chi connectivity index (χ0n) is 16.0. The Morgan fingerprint density at radius 1 is 1.04 bits per heavy atom. The molecule has 148 valence electrons. The van der Waals surface area contributed by atoms with Crippen molar-refractivity contribution < 1.29 is 14.4 Å². The van der Waals surface area contributed by atoms with Crippen LogP contribution in [0.15, 0.2) is 30.4 Å². The van der Waals surface area contributed by atoms with Gasteiger partial charge in [0.1, 0.15) is 0 Å². The molecule has 1 saturated carbocycles. The number of aryl methyl sites for hydroxylation is 1. The second kappa shape index (κ2) is 7.70. The van der Waals surface area contributed by atoms with Gasteiger partial charge >= 0.3 is 0 Å². The van der Waals surface area contributed by atoms with Gasteiger partial charge in [-0.1, -0.05) is 29.8 Å². The van der Waals surface area contributed by atoms with Gasteiger partial charge in [0, 0.05) is 22.7 Å². The van der Waals surface area contributed by atoms with Gasteiger partial charge < -0.3 is 5.32 Å². The number of anilines is 1. The lowest BCUT2D eigenvalue weighted by Gasteiger charge is -2.33. The summed E-state index contributed by atoms with van der Waals surface area (Å²) in [6, 6.07) is 5.43. The first kappa shape index (κ1) is 19.2. The van der Waals surface area contributed by atoms with Gasteiger partial charge in [-0.25, -0.2) is 0 Å². The summed E-state index contributed by atoms with van der Waals surface area (Å²) in [5.41, 5.74) is 1.67. The van der Waals surface area contributed by atoms with Crippen LogP contribution in [0.3, 0.4) is 0 Å². The van der Waals surface area contributed by atoms with Crippen LogP contribution in [0, 0.1) is 24.7 Å². The van der Waals surface area contributed by atoms with Gasteiger partial charge in [-0.15, -0.1) is 0 Å². The molecule has 0 spiro atoms. The van der Waals surface area contributed by atoms with E-state index in [1.165, 1.54) is 4.90 Å². The number of nitrogens with zero attached hydrogens (tertiary/aromatic N) is 1. The van der Waals surface area contributed by atoms with E-state index in [1.54, 1.807) is 6.07 Å². The lowest BCUT2D eigenvalue weighted by molar-refractivity contribution is -0.143. The van der Waals surface area contributed by atoms with Gasteiger partial charge in [-0.05, 0) is 63.1 Å². The third kappa shape index (κ3) is 3.48. The molecule has 0 bridgehead atoms. The van der Waals surface area contributed by atoms with Gasteiger partial charge in [-0.2, -0.15) is 0 Å². The number of carbonyl (C=O) groups excluding carboxylic acids is 3. The maximum atomic E-state index is 12.7. The van der Waals surface area contributed by atoms with Crippen LogP contribution in [-0.2, 0) is 14.4 Å². The van der Waals surface area contributed by atoms with E-state index in [-0.39, 0.29) is 41.5 Å². The number of benzene rings is 1. The fourth-order valence-corrected chi connectivity index (χ4v) is 4.88. The van der Waals surface area contributed by atoms with Crippen LogP contribution in [-0.4, -0.2) is 28.7 Å². The zero-order chi connectivity index (χ0) is 19.8. The highest BCUT2D eigenvalue weighted by molar-refractivity contribution is 6.31. The molecule has 1 heterocycles. The lowest BCUT2D eigenvalue weighted by Crippen LogP contribution is -2.43. The van der Waals surface area contributed by atoms with Crippen molar-refractivity contribution in [2.24, 2.45) is 17.8 Å². The van der Waals surface area contributed by atoms with Crippen molar-refractivity contribution in [1.82, 2.24) is 4.90 Å². The van der Waals surface area contributed by atoms with E-state index in [4.69, 9.17) is 11.6 Å². The van der Waals surface area contributed by atoms with E-state index in [9.17, 15) is 14.4 Å². The summed E-state index contributed by atoms with van der Waals surface area (Å²) in [4.78, 5) is 39.6. The molecule has 2 fully saturated rings. The molecule has 0 radical (unpaired) electrons. The molecule has 2 atom stereocenters. The van der Waals surface area contributed by atoms with E-state index >= 15 is 0 Å². The molecular formula is C22H25ClN2O3. The number of allylic oxidation sites excluding steroid dienone is 2. The number of likely N-dealkylation sites (tertiary alicyclic amines) is 1. The van der Waals surface area contributed by atoms with Gasteiger partial charge in [0.05, 0.1) is 11.8 Å². The van der Waals surface area contributed by atoms with Crippen molar-refractivity contribution in [2.45, 2.75) is 51.5 Å². The summed E-state index contributed by atoms with van der Waals surface area (Å²) in [6.45, 7) is 1.92. The maximum absolute atomic E-state index is 12.7. The normalized spacial score (nSPS) is 29.7. The Hall–Kier alpha value is -2.14. The first-order valence-corrected chi connectivity index (χ1v) is 10.4. The summed E-state index contributed by atoms with van der Waals surface area (Å²) in [5.74, 6) is -0.499. The van der Waals surface area contributed by atoms with Crippen molar-refractivity contribution in [2.75, 3.05) is 5.32 Å². The Bertz CT molecular complexity index is 816. The summed E-state index contributed by atoms with van der Waals surface area (Å²) >= 11 is 6.13. The molecule has 3 amide bonds. The summed E-state index contributed by atoms with van der Waals surface area (Å²) < 4.78 is 0. The Morgan fingerprint density at radius 2 is 1.64 bits per heavy atom. The molecular weight excluding hydrogens is 376 g/mol. The molecule has 5 nitrogen and oxygen atoms in total. The molecule has 6 heteroatoms. The van der Waals surface area contributed by atoms with Gasteiger partial charge in [0.25, 0.3) is 0 Å². The van der Waals surface area contributed by atoms with Crippen LogP contribution in [0.25, 0.3) is 0 Å². The summed E-state index contributed by atoms with van der Waals surface area (Å²) in [5, 5.41) is 3.57. The number of nitrogens with one attached hydrogen (secondary N) is 1. The number of fused-ring (bicyclic) bond motifs is 1. The number of hydrogen-bond acceptors (Lipinski definition) is 3. The number of amides is 3. The zero-order valence-corrected chi connectivity index (χ0v) is 16.7. The van der Waals surface area contributed by atoms with E-state index in [0.29, 0.717) is 49.2 Å². The molecule has 1 aromatic carbocycles. The van der Waals surface area contributed by atoms with Crippen molar-refractivity contribution in [1.29, 1.82) is 0 Å². The molecule has 1 saturated heterocycles. The quantitative estimate of drug-likeness (QED) is 0.613. The average molecular weight is 401 g/mol. The highest BCUT2D eigenvalue weighted by Gasteiger charge is 2.50. The van der Waals surface area contributed by atoms with E-state index in [2.05, 4.69) is 5.32 Å². The topological polar surface area (TPSA) is 66.5 Å². The Morgan fingerprint density at radius 3 is 2.21 bits per heavy atom. The minimum Gasteiger partial charge on any atom is -0.326 e. The number of halogens is 1. The van der Waals surface area contributed by atoms with Crippen molar-refractivity contribution >= 4 is 35.0 Å². The minimum absolute atomic E-state index is 0.0125. The predicted octanol–water partition coefficient (Wildman–Crippen LogP) is 4.10. The molecule has 2 aliphatic carbocycles. The van der Waals surface area contributed by atoms with Crippen molar-refractivity contribution in [3.05, 3.63) is 40.9 Å². The van der Waals surface area contributed by atoms with Crippen LogP contribution in [0.5, 0.6) is 0 Å². The van der Waals surface area contributed by atoms with Crippen molar-refractivity contribution in [3.63, 3.8) is 0 Å². The first-order valence-electron chi connectivity index (χ1n) is 10.0. The van der Waals surface area contributed by atoms with E-state index < -0.39 is 0 Å². The lowest BCUT2D eigenvalue weighted by atomic mass is 9.84. The molecule has 1 N–H and O–H groups in total. The Kier molecular flexibility index (Phi) is 5.28. The monoisotopic (exact) mass is 400 g/mol. The van der Waals surface area contributed by atoms with Crippen LogP contribution >= 0.6 is 11.6 Å². The van der Waals surface area contributed by atoms with Gasteiger partial charge in [0.2, 0.25) is 17.7 Å². The second-order valence-corrected chi connectivity index (χ2v) is 8.57. The number of rotatable bonds is 3. The van der Waals surface area contributed by atoms with E-state index in [1.807, 2.05) is 31.2 Å². The number of imide groups is 1. The molecule has 1 aromatic rings. The Balaban J connectivity index is 1.35. The second-order valence-electron chi connectivity index (χ2n) is 8.16. The molecule has 0 unspecified atom stereocenters. The fraction of sp³-hybridized carbons (Fsp3) is 0.500. The molecule has 0 aromatic heterocycles. The summed E-state index contributed by atoms with van der Waals surface area (Å²) in [6.07, 6.45) is 8.10. The fourth-order valence-electron chi connectivity index (χ4n) is 4.70. The summed E-state index contributed by atoms with van der Waals surface area (Å²) in [7, 11) is 0. The average Bonchev–Trinajstić information content (AvgIpc) is 2.96. The van der Waals surface area contributed by atoms with Crippen LogP contribution in [0.2, 0.25) is 5.02 Å². The van der Waals surface area contributed by atoms with Crippen LogP contribution < -0.4 is 5.32 Å². The SMILES string of the molecule is Cc1ccc(NC(=O)C2CCC(N3C(=O)[C@H]4CC=CC[C@H]4C3=O)CC2)cc1Cl. The third-order valence-electron chi connectivity index (χ3n) is 6.41. The van der Waals surface area contributed by atoms with Crippen LogP contribution in [0.4, 0.5) is 5.69 Å². The first-order chi connectivity index (χ1) is 13.5. The minimum atomic E-state index is -0.176. The van der Waals surface area contributed by atoms with E-state index in [0.717, 1.165) is 5.56 Å². The molecule has 1 aliphatic heterocycles. The van der Waals surface area contributed by atoms with Crippen LogP contribution in [0.1, 0.15) is 44.1 Å². The van der Waals surface area contributed by atoms with Gasteiger partial charge in [0.15, 0.2) is 0 Å². The highest BCUT2D eigenvalue weighted by Crippen LogP contribution is 2.39. The Labute approximate surface area is 170 Å². The molecule has 28 heavy (non-hydrogen) atoms. The third-order valence-corrected chi connectivity index (χ3v) is 6.82. The molecule has 4 rings (SSSR count). The maximum Gasteiger partial charge on any atom is 0.233 e. The smallest absolute Gasteiger partial charge is 0.233 e. The number of hydrogen-bond donors (Lipinski definition) is 1. The molecule has 3 aliphatic rings.